The van der Waals surface area contributed by atoms with E-state index < -0.39 is 0 Å². The number of nitrogens with two attached hydrogens (primary N) is 1. The molecule has 0 saturated carbocycles. The van der Waals surface area contributed by atoms with Crippen molar-refractivity contribution < 1.29 is 4.74 Å². The van der Waals surface area contributed by atoms with Gasteiger partial charge >= 0.3 is 0 Å². The summed E-state index contributed by atoms with van der Waals surface area (Å²) in [6.45, 7) is 0. The first-order chi connectivity index (χ1) is 8.72. The highest BCUT2D eigenvalue weighted by molar-refractivity contribution is 6.30. The van der Waals surface area contributed by atoms with E-state index in [1.165, 1.54) is 5.56 Å². The summed E-state index contributed by atoms with van der Waals surface area (Å²) < 4.78 is 5.13. The Labute approximate surface area is 111 Å². The first kappa shape index (κ1) is 12.7. The van der Waals surface area contributed by atoms with E-state index in [0.29, 0.717) is 5.02 Å². The number of hydrazine groups is 1. The minimum absolute atomic E-state index is 0.668. The van der Waals surface area contributed by atoms with Gasteiger partial charge in [0.2, 0.25) is 0 Å². The van der Waals surface area contributed by atoms with Gasteiger partial charge in [-0.15, -0.1) is 0 Å². The summed E-state index contributed by atoms with van der Waals surface area (Å²) in [7, 11) is 1.66. The number of ether oxygens (including phenoxy) is 1. The number of nitrogen functional groups attached to an aromatic ring is 1. The molecule has 2 aromatic rings. The molecule has 0 unspecified atom stereocenters. The Kier molecular flexibility index (Phi) is 4.07. The zero-order valence-corrected chi connectivity index (χ0v) is 10.9. The highest BCUT2D eigenvalue weighted by Gasteiger charge is 2.04. The molecule has 18 heavy (non-hydrogen) atoms. The summed E-state index contributed by atoms with van der Waals surface area (Å²) in [6.07, 6.45) is 0.792. The summed E-state index contributed by atoms with van der Waals surface area (Å²) in [5.41, 5.74) is 5.81. The number of hydrogen-bond donors (Lipinski definition) is 2. The lowest BCUT2D eigenvalue weighted by Crippen LogP contribution is -2.09. The van der Waals surface area contributed by atoms with Crippen molar-refractivity contribution in [3.63, 3.8) is 0 Å². The molecule has 0 heterocycles. The molecule has 4 heteroatoms. The maximum absolute atomic E-state index is 5.93. The number of benzene rings is 2. The van der Waals surface area contributed by atoms with E-state index in [1.807, 2.05) is 42.5 Å². The Morgan fingerprint density at radius 1 is 1.17 bits per heavy atom. The first-order valence-electron chi connectivity index (χ1n) is 5.61. The molecular formula is C14H15ClN2O. The van der Waals surface area contributed by atoms with Crippen molar-refractivity contribution in [3.05, 3.63) is 58.6 Å². The molecule has 0 bridgehead atoms. The summed E-state index contributed by atoms with van der Waals surface area (Å²) >= 11 is 5.93. The SMILES string of the molecule is COc1ccc(Cc2ccc(Cl)cc2NN)cc1. The lowest BCUT2D eigenvalue weighted by Gasteiger charge is -2.10. The number of hydrogen-bond acceptors (Lipinski definition) is 3. The molecule has 0 saturated heterocycles. The van der Waals surface area contributed by atoms with E-state index in [0.717, 1.165) is 23.4 Å². The zero-order chi connectivity index (χ0) is 13.0. The summed E-state index contributed by atoms with van der Waals surface area (Å²) in [5.74, 6) is 6.34. The monoisotopic (exact) mass is 262 g/mol. The zero-order valence-electron chi connectivity index (χ0n) is 10.1. The Morgan fingerprint density at radius 3 is 2.50 bits per heavy atom. The van der Waals surface area contributed by atoms with Gasteiger partial charge < -0.3 is 10.2 Å². The quantitative estimate of drug-likeness (QED) is 0.657. The van der Waals surface area contributed by atoms with Gasteiger partial charge in [-0.3, -0.25) is 5.84 Å². The second kappa shape index (κ2) is 5.76. The smallest absolute Gasteiger partial charge is 0.118 e. The molecule has 0 spiro atoms. The molecule has 0 fully saturated rings. The van der Waals surface area contributed by atoms with Crippen LogP contribution in [0.25, 0.3) is 0 Å². The molecule has 3 nitrogen and oxygen atoms in total. The predicted molar refractivity (Wildman–Crippen MR) is 75.1 cm³/mol. The second-order valence-electron chi connectivity index (χ2n) is 3.97. The molecule has 0 aliphatic rings. The van der Waals surface area contributed by atoms with Crippen LogP contribution in [0.4, 0.5) is 5.69 Å². The molecule has 0 radical (unpaired) electrons. The van der Waals surface area contributed by atoms with Crippen LogP contribution in [0.3, 0.4) is 0 Å². The number of halogens is 1. The van der Waals surface area contributed by atoms with Crippen LogP contribution in [0.5, 0.6) is 5.75 Å². The minimum atomic E-state index is 0.668. The maximum Gasteiger partial charge on any atom is 0.118 e. The molecule has 3 N–H and O–H groups in total. The van der Waals surface area contributed by atoms with Gasteiger partial charge in [0.25, 0.3) is 0 Å². The van der Waals surface area contributed by atoms with Crippen LogP contribution in [0, 0.1) is 0 Å². The largest absolute Gasteiger partial charge is 0.497 e. The highest BCUT2D eigenvalue weighted by atomic mass is 35.5. The molecule has 2 rings (SSSR count). The van der Waals surface area contributed by atoms with Crippen molar-refractivity contribution in [2.45, 2.75) is 6.42 Å². The van der Waals surface area contributed by atoms with E-state index in [9.17, 15) is 0 Å². The predicted octanol–water partition coefficient (Wildman–Crippen LogP) is 3.23. The van der Waals surface area contributed by atoms with Crippen molar-refractivity contribution in [2.75, 3.05) is 12.5 Å². The van der Waals surface area contributed by atoms with Gasteiger partial charge in [0.05, 0.1) is 12.8 Å². The third-order valence-electron chi connectivity index (χ3n) is 2.78. The number of anilines is 1. The Balaban J connectivity index is 2.22. The van der Waals surface area contributed by atoms with Gasteiger partial charge in [-0.1, -0.05) is 29.8 Å². The van der Waals surface area contributed by atoms with Gasteiger partial charge in [-0.05, 0) is 41.8 Å². The van der Waals surface area contributed by atoms with E-state index in [2.05, 4.69) is 5.43 Å². The van der Waals surface area contributed by atoms with E-state index in [1.54, 1.807) is 7.11 Å². The maximum atomic E-state index is 5.93. The van der Waals surface area contributed by atoms with Crippen LogP contribution in [-0.2, 0) is 6.42 Å². The van der Waals surface area contributed by atoms with Crippen molar-refractivity contribution in [1.82, 2.24) is 0 Å². The normalized spacial score (nSPS) is 10.2. The molecule has 94 valence electrons. The van der Waals surface area contributed by atoms with Gasteiger partial charge in [-0.25, -0.2) is 0 Å². The molecule has 0 aromatic heterocycles. The van der Waals surface area contributed by atoms with Crippen molar-refractivity contribution >= 4 is 17.3 Å². The van der Waals surface area contributed by atoms with Gasteiger partial charge in [0.15, 0.2) is 0 Å². The number of nitrogens with one attached hydrogen (secondary N) is 1. The third kappa shape index (κ3) is 2.94. The van der Waals surface area contributed by atoms with Crippen molar-refractivity contribution in [3.8, 4) is 5.75 Å². The van der Waals surface area contributed by atoms with Crippen LogP contribution in [0.1, 0.15) is 11.1 Å². The van der Waals surface area contributed by atoms with Crippen LogP contribution in [-0.4, -0.2) is 7.11 Å². The fourth-order valence-corrected chi connectivity index (χ4v) is 1.97. The fourth-order valence-electron chi connectivity index (χ4n) is 1.80. The summed E-state index contributed by atoms with van der Waals surface area (Å²) in [5, 5.41) is 0.668. The number of rotatable bonds is 4. The van der Waals surface area contributed by atoms with Crippen LogP contribution < -0.4 is 16.0 Å². The Hall–Kier alpha value is -1.71. The highest BCUT2D eigenvalue weighted by Crippen LogP contribution is 2.23. The summed E-state index contributed by atoms with van der Waals surface area (Å²) in [6, 6.07) is 13.6. The van der Waals surface area contributed by atoms with Crippen LogP contribution in [0.2, 0.25) is 5.02 Å². The first-order valence-corrected chi connectivity index (χ1v) is 5.98. The number of methoxy groups -OCH3 is 1. The van der Waals surface area contributed by atoms with Gasteiger partial charge in [0.1, 0.15) is 5.75 Å². The van der Waals surface area contributed by atoms with E-state index in [-0.39, 0.29) is 0 Å². The average Bonchev–Trinajstić information content (AvgIpc) is 2.41. The molecular weight excluding hydrogens is 248 g/mol. The van der Waals surface area contributed by atoms with Crippen molar-refractivity contribution in [2.24, 2.45) is 5.84 Å². The van der Waals surface area contributed by atoms with Gasteiger partial charge in [-0.2, -0.15) is 0 Å². The van der Waals surface area contributed by atoms with Crippen molar-refractivity contribution in [1.29, 1.82) is 0 Å². The fraction of sp³-hybridized carbons (Fsp3) is 0.143. The van der Waals surface area contributed by atoms with Crippen LogP contribution >= 0.6 is 11.6 Å². The summed E-state index contributed by atoms with van der Waals surface area (Å²) in [4.78, 5) is 0. The lowest BCUT2D eigenvalue weighted by atomic mass is 10.0. The third-order valence-corrected chi connectivity index (χ3v) is 3.02. The van der Waals surface area contributed by atoms with E-state index >= 15 is 0 Å². The lowest BCUT2D eigenvalue weighted by molar-refractivity contribution is 0.414. The topological polar surface area (TPSA) is 47.3 Å². The molecule has 0 aliphatic carbocycles. The Morgan fingerprint density at radius 2 is 1.89 bits per heavy atom. The standard InChI is InChI=1S/C14H15ClN2O/c1-18-13-6-2-10(3-7-13)8-11-4-5-12(15)9-14(11)17-16/h2-7,9,17H,8,16H2,1H3. The van der Waals surface area contributed by atoms with Crippen LogP contribution in [0.15, 0.2) is 42.5 Å². The minimum Gasteiger partial charge on any atom is -0.497 e. The van der Waals surface area contributed by atoms with E-state index in [4.69, 9.17) is 22.2 Å². The Bertz CT molecular complexity index is 526. The van der Waals surface area contributed by atoms with Gasteiger partial charge in [0, 0.05) is 5.02 Å². The molecule has 0 atom stereocenters. The average molecular weight is 263 g/mol. The molecule has 0 amide bonds. The molecule has 2 aromatic carbocycles. The second-order valence-corrected chi connectivity index (χ2v) is 4.41. The molecule has 0 aliphatic heterocycles.